The second kappa shape index (κ2) is 5.56. The molecule has 0 aromatic heterocycles. The van der Waals surface area contributed by atoms with E-state index < -0.39 is 6.43 Å². The lowest BCUT2D eigenvalue weighted by Gasteiger charge is -2.11. The van der Waals surface area contributed by atoms with Crippen molar-refractivity contribution in [2.24, 2.45) is 0 Å². The van der Waals surface area contributed by atoms with Crippen molar-refractivity contribution in [3.8, 4) is 5.75 Å². The van der Waals surface area contributed by atoms with Gasteiger partial charge < -0.3 is 4.74 Å². The van der Waals surface area contributed by atoms with E-state index in [1.807, 2.05) is 22.6 Å². The first-order chi connectivity index (χ1) is 7.47. The number of hydrogen-bond acceptors (Lipinski definition) is 2. The lowest BCUT2D eigenvalue weighted by atomic mass is 10.1. The maximum absolute atomic E-state index is 12.6. The second-order valence-electron chi connectivity index (χ2n) is 3.17. The molecule has 0 fully saturated rings. The van der Waals surface area contributed by atoms with Crippen LogP contribution in [0, 0.1) is 3.57 Å². The molecule has 1 aromatic rings. The Hall–Kier alpha value is -0.720. The quantitative estimate of drug-likeness (QED) is 0.615. The average Bonchev–Trinajstić information content (AvgIpc) is 2.20. The van der Waals surface area contributed by atoms with Crippen LogP contribution in [0.5, 0.6) is 5.75 Å². The summed E-state index contributed by atoms with van der Waals surface area (Å²) in [5, 5.41) is 0. The van der Waals surface area contributed by atoms with Crippen LogP contribution in [-0.4, -0.2) is 12.4 Å². The van der Waals surface area contributed by atoms with Crippen molar-refractivity contribution in [2.45, 2.75) is 20.3 Å². The van der Waals surface area contributed by atoms with Crippen LogP contribution in [0.15, 0.2) is 12.1 Å². The highest BCUT2D eigenvalue weighted by molar-refractivity contribution is 14.1. The van der Waals surface area contributed by atoms with Crippen LogP contribution < -0.4 is 4.74 Å². The van der Waals surface area contributed by atoms with Gasteiger partial charge in [-0.1, -0.05) is 0 Å². The van der Waals surface area contributed by atoms with E-state index in [0.717, 1.165) is 0 Å². The molecule has 88 valence electrons. The van der Waals surface area contributed by atoms with Crippen LogP contribution in [-0.2, 0) is 0 Å². The second-order valence-corrected chi connectivity index (χ2v) is 4.25. The van der Waals surface area contributed by atoms with Gasteiger partial charge in [-0.15, -0.1) is 0 Å². The van der Waals surface area contributed by atoms with Gasteiger partial charge in [-0.3, -0.25) is 4.79 Å². The molecule has 1 aromatic carbocycles. The lowest BCUT2D eigenvalue weighted by molar-refractivity contribution is 0.101. The number of carbonyl (C=O) groups excluding carboxylic acids is 1. The number of hydrogen-bond donors (Lipinski definition) is 0. The Morgan fingerprint density at radius 3 is 2.56 bits per heavy atom. The third-order valence-electron chi connectivity index (χ3n) is 1.99. The minimum atomic E-state index is -2.60. The van der Waals surface area contributed by atoms with Crippen molar-refractivity contribution in [3.63, 3.8) is 0 Å². The highest BCUT2D eigenvalue weighted by Crippen LogP contribution is 2.31. The zero-order valence-electron chi connectivity index (χ0n) is 8.89. The number of Topliss-reactive ketones (excluding diaryl/α,β-unsaturated/α-hetero) is 1. The number of benzene rings is 1. The number of alkyl halides is 2. The fraction of sp³-hybridized carbons (Fsp3) is 0.364. The monoisotopic (exact) mass is 340 g/mol. The average molecular weight is 340 g/mol. The van der Waals surface area contributed by atoms with Gasteiger partial charge in [0.25, 0.3) is 6.43 Å². The van der Waals surface area contributed by atoms with Crippen molar-refractivity contribution in [2.75, 3.05) is 6.61 Å². The van der Waals surface area contributed by atoms with Gasteiger partial charge in [-0.25, -0.2) is 8.78 Å². The summed E-state index contributed by atoms with van der Waals surface area (Å²) in [5.74, 6) is 0.0963. The van der Waals surface area contributed by atoms with Crippen molar-refractivity contribution in [1.82, 2.24) is 0 Å². The van der Waals surface area contributed by atoms with Crippen molar-refractivity contribution in [3.05, 3.63) is 26.8 Å². The predicted octanol–water partition coefficient (Wildman–Crippen LogP) is 3.83. The Kier molecular flexibility index (Phi) is 4.64. The molecule has 0 saturated heterocycles. The standard InChI is InChI=1S/C11H11F2IO2/c1-3-16-9-5-7(11(12)13)4-8(6(2)15)10(9)14/h4-5,11H,3H2,1-2H3. The molecule has 0 radical (unpaired) electrons. The summed E-state index contributed by atoms with van der Waals surface area (Å²) < 4.78 is 31.0. The minimum absolute atomic E-state index is 0.186. The van der Waals surface area contributed by atoms with Crippen molar-refractivity contribution < 1.29 is 18.3 Å². The first kappa shape index (κ1) is 13.3. The predicted molar refractivity (Wildman–Crippen MR) is 65.3 cm³/mol. The van der Waals surface area contributed by atoms with Crippen LogP contribution in [0.3, 0.4) is 0 Å². The van der Waals surface area contributed by atoms with E-state index >= 15 is 0 Å². The summed E-state index contributed by atoms with van der Waals surface area (Å²) >= 11 is 1.93. The van der Waals surface area contributed by atoms with E-state index in [-0.39, 0.29) is 16.9 Å². The third kappa shape index (κ3) is 2.90. The minimum Gasteiger partial charge on any atom is -0.493 e. The van der Waals surface area contributed by atoms with Gasteiger partial charge in [0.2, 0.25) is 0 Å². The molecule has 0 amide bonds. The molecule has 0 aliphatic heterocycles. The van der Waals surface area contributed by atoms with E-state index in [9.17, 15) is 13.6 Å². The molecule has 2 nitrogen and oxygen atoms in total. The van der Waals surface area contributed by atoms with Crippen molar-refractivity contribution >= 4 is 28.4 Å². The molecule has 0 spiro atoms. The molecule has 0 unspecified atom stereocenters. The molecule has 0 atom stereocenters. The SMILES string of the molecule is CCOc1cc(C(F)F)cc(C(C)=O)c1I. The number of carbonyl (C=O) groups is 1. The number of ether oxygens (including phenoxy) is 1. The largest absolute Gasteiger partial charge is 0.493 e. The van der Waals surface area contributed by atoms with Gasteiger partial charge in [0, 0.05) is 11.1 Å². The first-order valence-electron chi connectivity index (χ1n) is 4.72. The molecular formula is C11H11F2IO2. The van der Waals surface area contributed by atoms with E-state index in [0.29, 0.717) is 15.9 Å². The van der Waals surface area contributed by atoms with E-state index in [2.05, 4.69) is 0 Å². The Morgan fingerprint density at radius 2 is 2.12 bits per heavy atom. The van der Waals surface area contributed by atoms with Gasteiger partial charge in [0.15, 0.2) is 5.78 Å². The van der Waals surface area contributed by atoms with Gasteiger partial charge >= 0.3 is 0 Å². The summed E-state index contributed by atoms with van der Waals surface area (Å²) in [6.45, 7) is 3.49. The van der Waals surface area contributed by atoms with Crippen LogP contribution in [0.25, 0.3) is 0 Å². The topological polar surface area (TPSA) is 26.3 Å². The molecule has 0 aliphatic rings. The molecule has 0 saturated carbocycles. The molecule has 16 heavy (non-hydrogen) atoms. The van der Waals surface area contributed by atoms with E-state index in [4.69, 9.17) is 4.74 Å². The number of rotatable bonds is 4. The fourth-order valence-electron chi connectivity index (χ4n) is 1.26. The Morgan fingerprint density at radius 1 is 1.50 bits per heavy atom. The maximum atomic E-state index is 12.6. The Labute approximate surface area is 106 Å². The third-order valence-corrected chi connectivity index (χ3v) is 3.11. The normalized spacial score (nSPS) is 10.6. The zero-order valence-corrected chi connectivity index (χ0v) is 11.0. The summed E-state index contributed by atoms with van der Waals surface area (Å²) in [6.07, 6.45) is -2.60. The number of ketones is 1. The van der Waals surface area contributed by atoms with Crippen LogP contribution in [0.4, 0.5) is 8.78 Å². The van der Waals surface area contributed by atoms with Crippen molar-refractivity contribution in [1.29, 1.82) is 0 Å². The maximum Gasteiger partial charge on any atom is 0.264 e. The van der Waals surface area contributed by atoms with Gasteiger partial charge in [-0.05, 0) is 48.6 Å². The fourth-order valence-corrected chi connectivity index (χ4v) is 2.11. The first-order valence-corrected chi connectivity index (χ1v) is 5.80. The van der Waals surface area contributed by atoms with E-state index in [1.165, 1.54) is 19.1 Å². The summed E-state index contributed by atoms with van der Waals surface area (Å²) in [7, 11) is 0. The number of halogens is 3. The lowest BCUT2D eigenvalue weighted by Crippen LogP contribution is -2.03. The smallest absolute Gasteiger partial charge is 0.264 e. The van der Waals surface area contributed by atoms with Gasteiger partial charge in [0.05, 0.1) is 10.2 Å². The molecule has 0 aliphatic carbocycles. The zero-order chi connectivity index (χ0) is 12.3. The molecular weight excluding hydrogens is 329 g/mol. The summed E-state index contributed by atoms with van der Waals surface area (Å²) in [4.78, 5) is 11.3. The van der Waals surface area contributed by atoms with Crippen LogP contribution in [0.2, 0.25) is 0 Å². The molecule has 5 heteroatoms. The highest BCUT2D eigenvalue weighted by atomic mass is 127. The Bertz CT molecular complexity index is 405. The van der Waals surface area contributed by atoms with Gasteiger partial charge in [0.1, 0.15) is 5.75 Å². The van der Waals surface area contributed by atoms with Crippen LogP contribution >= 0.6 is 22.6 Å². The molecule has 0 heterocycles. The van der Waals surface area contributed by atoms with Gasteiger partial charge in [-0.2, -0.15) is 0 Å². The molecule has 1 rings (SSSR count). The summed E-state index contributed by atoms with van der Waals surface area (Å²) in [5.41, 5.74) is 0.0934. The molecule has 0 bridgehead atoms. The van der Waals surface area contributed by atoms with E-state index in [1.54, 1.807) is 6.92 Å². The summed E-state index contributed by atoms with van der Waals surface area (Å²) in [6, 6.07) is 2.50. The van der Waals surface area contributed by atoms with Crippen LogP contribution in [0.1, 0.15) is 36.2 Å². The Balaban J connectivity index is 3.32. The highest BCUT2D eigenvalue weighted by Gasteiger charge is 2.17. The molecule has 0 N–H and O–H groups in total.